The Morgan fingerprint density at radius 2 is 1.76 bits per heavy atom. The molecule has 0 radical (unpaired) electrons. The second-order valence-electron chi connectivity index (χ2n) is 6.81. The molecule has 4 aromatic rings. The number of carbonyl (C=O) groups is 1. The van der Waals surface area contributed by atoms with Gasteiger partial charge in [0.05, 0.1) is 28.0 Å². The molecule has 0 saturated carbocycles. The topological polar surface area (TPSA) is 89.9 Å². The molecule has 2 aromatic heterocycles. The number of hydrogen-bond acceptors (Lipinski definition) is 5. The Balaban J connectivity index is 1.63. The monoisotopic (exact) mass is 388 g/mol. The molecule has 29 heavy (non-hydrogen) atoms. The third kappa shape index (κ3) is 3.42. The van der Waals surface area contributed by atoms with Gasteiger partial charge in [0, 0.05) is 0 Å². The van der Waals surface area contributed by atoms with Crippen LogP contribution in [0.5, 0.6) is 0 Å². The number of rotatable bonds is 4. The van der Waals surface area contributed by atoms with Gasteiger partial charge in [-0.05, 0) is 45.0 Å². The molecular weight excluding hydrogens is 368 g/mol. The molecule has 0 saturated heterocycles. The number of fused-ring (bicyclic) bond motifs is 1. The van der Waals surface area contributed by atoms with Crippen LogP contribution in [0.3, 0.4) is 0 Å². The number of nitrogens with one attached hydrogen (secondary N) is 1. The zero-order chi connectivity index (χ0) is 20.5. The van der Waals surface area contributed by atoms with Crippen molar-refractivity contribution in [2.75, 3.05) is 0 Å². The molecule has 1 atom stereocenters. The first-order valence-corrected chi connectivity index (χ1v) is 9.27. The van der Waals surface area contributed by atoms with E-state index in [1.165, 1.54) is 0 Å². The van der Waals surface area contributed by atoms with Crippen molar-refractivity contribution < 1.29 is 9.53 Å². The first kappa shape index (κ1) is 18.6. The summed E-state index contributed by atoms with van der Waals surface area (Å²) in [5.41, 5.74) is 2.81. The number of aromatic nitrogens is 4. The maximum Gasteiger partial charge on any atom is 0.342 e. The lowest BCUT2D eigenvalue weighted by molar-refractivity contribution is 0.0318. The number of esters is 1. The van der Waals surface area contributed by atoms with Crippen molar-refractivity contribution >= 4 is 16.9 Å². The van der Waals surface area contributed by atoms with E-state index in [0.29, 0.717) is 33.7 Å². The highest BCUT2D eigenvalue weighted by molar-refractivity contribution is 5.92. The van der Waals surface area contributed by atoms with E-state index in [9.17, 15) is 9.59 Å². The minimum absolute atomic E-state index is 0.266. The van der Waals surface area contributed by atoms with Crippen LogP contribution in [0, 0.1) is 13.8 Å². The van der Waals surface area contributed by atoms with E-state index in [1.54, 1.807) is 42.8 Å². The van der Waals surface area contributed by atoms with Crippen molar-refractivity contribution in [3.05, 3.63) is 87.7 Å². The maximum absolute atomic E-state index is 12.9. The molecule has 2 aromatic carbocycles. The predicted octanol–water partition coefficient (Wildman–Crippen LogP) is 3.64. The molecule has 0 amide bonds. The number of aryl methyl sites for hydroxylation is 1. The predicted molar refractivity (Wildman–Crippen MR) is 109 cm³/mol. The molecule has 7 nitrogen and oxygen atoms in total. The van der Waals surface area contributed by atoms with Crippen molar-refractivity contribution in [3.63, 3.8) is 0 Å². The number of carbonyl (C=O) groups excluding carboxylic acids is 1. The molecule has 7 heteroatoms. The SMILES string of the molecule is Cc1nn(-c2ccccc2)c(C)c1C(=O)O[C@H](C)c1nc2ccccc2c(=O)[nH]1. The van der Waals surface area contributed by atoms with E-state index in [1.807, 2.05) is 37.3 Å². The lowest BCUT2D eigenvalue weighted by Crippen LogP contribution is -2.18. The van der Waals surface area contributed by atoms with Gasteiger partial charge in [0.2, 0.25) is 0 Å². The molecule has 0 aliphatic rings. The summed E-state index contributed by atoms with van der Waals surface area (Å²) < 4.78 is 7.33. The van der Waals surface area contributed by atoms with Crippen LogP contribution in [0.15, 0.2) is 59.4 Å². The summed E-state index contributed by atoms with van der Waals surface area (Å²) in [6, 6.07) is 16.6. The maximum atomic E-state index is 12.9. The minimum atomic E-state index is -0.723. The number of ether oxygens (including phenoxy) is 1. The van der Waals surface area contributed by atoms with Gasteiger partial charge in [-0.15, -0.1) is 0 Å². The largest absolute Gasteiger partial charge is 0.451 e. The number of hydrogen-bond donors (Lipinski definition) is 1. The lowest BCUT2D eigenvalue weighted by Gasteiger charge is -2.13. The Morgan fingerprint density at radius 1 is 1.07 bits per heavy atom. The molecule has 0 aliphatic carbocycles. The summed E-state index contributed by atoms with van der Waals surface area (Å²) >= 11 is 0. The molecule has 1 N–H and O–H groups in total. The number of para-hydroxylation sites is 2. The summed E-state index contributed by atoms with van der Waals surface area (Å²) in [7, 11) is 0. The molecule has 0 fully saturated rings. The van der Waals surface area contributed by atoms with Gasteiger partial charge in [0.1, 0.15) is 5.56 Å². The van der Waals surface area contributed by atoms with Crippen LogP contribution in [-0.2, 0) is 4.74 Å². The van der Waals surface area contributed by atoms with Gasteiger partial charge in [0.15, 0.2) is 11.9 Å². The fourth-order valence-electron chi connectivity index (χ4n) is 3.33. The van der Waals surface area contributed by atoms with Gasteiger partial charge < -0.3 is 9.72 Å². The fourth-order valence-corrected chi connectivity index (χ4v) is 3.33. The Bertz CT molecular complexity index is 1260. The molecule has 0 bridgehead atoms. The van der Waals surface area contributed by atoms with Gasteiger partial charge >= 0.3 is 5.97 Å². The van der Waals surface area contributed by atoms with Crippen molar-refractivity contribution in [1.82, 2.24) is 19.7 Å². The summed E-state index contributed by atoms with van der Waals surface area (Å²) in [5.74, 6) is -0.210. The first-order chi connectivity index (χ1) is 14.0. The quantitative estimate of drug-likeness (QED) is 0.539. The van der Waals surface area contributed by atoms with Crippen LogP contribution in [0.25, 0.3) is 16.6 Å². The van der Waals surface area contributed by atoms with Crippen molar-refractivity contribution in [2.45, 2.75) is 26.9 Å². The molecule has 4 rings (SSSR count). The van der Waals surface area contributed by atoms with Gasteiger partial charge in [-0.25, -0.2) is 14.5 Å². The van der Waals surface area contributed by atoms with Crippen LogP contribution in [0.4, 0.5) is 0 Å². The van der Waals surface area contributed by atoms with Crippen LogP contribution in [0.1, 0.15) is 40.6 Å². The Hall–Kier alpha value is -3.74. The number of H-pyrrole nitrogens is 1. The second kappa shape index (κ2) is 7.35. The van der Waals surface area contributed by atoms with Crippen LogP contribution in [0.2, 0.25) is 0 Å². The summed E-state index contributed by atoms with van der Waals surface area (Å²) in [5, 5.41) is 4.97. The second-order valence-corrected chi connectivity index (χ2v) is 6.81. The van der Waals surface area contributed by atoms with E-state index in [-0.39, 0.29) is 5.56 Å². The highest BCUT2D eigenvalue weighted by Crippen LogP contribution is 2.22. The summed E-state index contributed by atoms with van der Waals surface area (Å²) in [6.07, 6.45) is -0.723. The molecule has 2 heterocycles. The highest BCUT2D eigenvalue weighted by Gasteiger charge is 2.24. The Morgan fingerprint density at radius 3 is 2.52 bits per heavy atom. The summed E-state index contributed by atoms with van der Waals surface area (Å²) in [4.78, 5) is 32.3. The van der Waals surface area contributed by atoms with Crippen molar-refractivity contribution in [3.8, 4) is 5.69 Å². The standard InChI is InChI=1S/C22H20N4O3/c1-13-19(14(2)26(25-13)16-9-5-4-6-10-16)22(28)29-15(3)20-23-18-12-8-7-11-17(18)21(27)24-20/h4-12,15H,1-3H3,(H,23,24,27)/t15-/m1/s1. The third-order valence-corrected chi connectivity index (χ3v) is 4.80. The van der Waals surface area contributed by atoms with E-state index in [4.69, 9.17) is 4.74 Å². The minimum Gasteiger partial charge on any atom is -0.451 e. The zero-order valence-electron chi connectivity index (χ0n) is 16.3. The van der Waals surface area contributed by atoms with Crippen molar-refractivity contribution in [2.24, 2.45) is 0 Å². The molecule has 0 aliphatic heterocycles. The lowest BCUT2D eigenvalue weighted by atomic mass is 10.2. The Kier molecular flexibility index (Phi) is 4.72. The Labute approximate surface area is 167 Å². The van der Waals surface area contributed by atoms with Gasteiger partial charge in [-0.1, -0.05) is 30.3 Å². The zero-order valence-corrected chi connectivity index (χ0v) is 16.3. The molecule has 0 spiro atoms. The van der Waals surface area contributed by atoms with Gasteiger partial charge in [-0.2, -0.15) is 5.10 Å². The van der Waals surface area contributed by atoms with E-state index in [0.717, 1.165) is 5.69 Å². The smallest absolute Gasteiger partial charge is 0.342 e. The van der Waals surface area contributed by atoms with Crippen LogP contribution in [-0.4, -0.2) is 25.7 Å². The molecule has 146 valence electrons. The highest BCUT2D eigenvalue weighted by atomic mass is 16.5. The first-order valence-electron chi connectivity index (χ1n) is 9.27. The summed E-state index contributed by atoms with van der Waals surface area (Å²) in [6.45, 7) is 5.27. The van der Waals surface area contributed by atoms with Crippen LogP contribution < -0.4 is 5.56 Å². The van der Waals surface area contributed by atoms with Crippen LogP contribution >= 0.6 is 0 Å². The number of nitrogens with zero attached hydrogens (tertiary/aromatic N) is 3. The van der Waals surface area contributed by atoms with Gasteiger partial charge in [0.25, 0.3) is 5.56 Å². The van der Waals surface area contributed by atoms with E-state index < -0.39 is 12.1 Å². The normalized spacial score (nSPS) is 12.1. The average molecular weight is 388 g/mol. The fraction of sp³-hybridized carbons (Fsp3) is 0.182. The molecular formula is C22H20N4O3. The number of benzene rings is 2. The van der Waals surface area contributed by atoms with E-state index >= 15 is 0 Å². The average Bonchev–Trinajstić information content (AvgIpc) is 3.02. The molecule has 0 unspecified atom stereocenters. The van der Waals surface area contributed by atoms with Crippen molar-refractivity contribution in [1.29, 1.82) is 0 Å². The number of aromatic amines is 1. The van der Waals surface area contributed by atoms with E-state index in [2.05, 4.69) is 15.1 Å². The van der Waals surface area contributed by atoms with Gasteiger partial charge in [-0.3, -0.25) is 4.79 Å². The third-order valence-electron chi connectivity index (χ3n) is 4.80.